The summed E-state index contributed by atoms with van der Waals surface area (Å²) in [6.07, 6.45) is 0. The summed E-state index contributed by atoms with van der Waals surface area (Å²) in [7, 11) is 0. The first-order valence-corrected chi connectivity index (χ1v) is 16.5. The van der Waals surface area contributed by atoms with Crippen LogP contribution in [0, 0.1) is 0 Å². The standard InChI is InChI=1S/C44H26N4O/c1-2-14-28(15-3-1)41-40-33-20-8-11-24-38(33)49-43(40)46-44(45-41)48-36-22-10-7-19-32(36)39-37(48)26-25-31-30-18-6-9-21-35(30)47(42(31)39)34-23-12-16-27-13-4-5-17-29(27)34/h1-26H. The van der Waals surface area contributed by atoms with Gasteiger partial charge in [0, 0.05) is 37.9 Å². The van der Waals surface area contributed by atoms with E-state index < -0.39 is 0 Å². The Hall–Kier alpha value is -6.72. The molecule has 11 rings (SSSR count). The number of furan rings is 1. The van der Waals surface area contributed by atoms with Crippen molar-refractivity contribution >= 4 is 76.5 Å². The summed E-state index contributed by atoms with van der Waals surface area (Å²) in [5.41, 5.74) is 8.79. The third-order valence-corrected chi connectivity index (χ3v) is 9.95. The highest BCUT2D eigenvalue weighted by atomic mass is 16.3. The van der Waals surface area contributed by atoms with E-state index >= 15 is 0 Å². The molecule has 0 spiro atoms. The SMILES string of the molecule is c1ccc(-c2nc(-n3c4ccccc4c4c3ccc3c5ccccc5n(-c5cccc6ccccc56)c34)nc3oc4ccccc4c23)cc1. The second-order valence-electron chi connectivity index (χ2n) is 12.6. The lowest BCUT2D eigenvalue weighted by atomic mass is 10.1. The minimum Gasteiger partial charge on any atom is -0.437 e. The lowest BCUT2D eigenvalue weighted by Gasteiger charge is -2.12. The summed E-state index contributed by atoms with van der Waals surface area (Å²) in [5.74, 6) is 0.573. The minimum atomic E-state index is 0.571. The highest BCUT2D eigenvalue weighted by molar-refractivity contribution is 6.26. The van der Waals surface area contributed by atoms with Crippen molar-refractivity contribution < 1.29 is 4.42 Å². The van der Waals surface area contributed by atoms with Crippen LogP contribution in [-0.4, -0.2) is 19.1 Å². The highest BCUT2D eigenvalue weighted by Crippen LogP contribution is 2.43. The number of aromatic nitrogens is 4. The molecule has 0 aliphatic rings. The van der Waals surface area contributed by atoms with Gasteiger partial charge in [-0.25, -0.2) is 4.98 Å². The van der Waals surface area contributed by atoms with Gasteiger partial charge in [0.1, 0.15) is 5.58 Å². The van der Waals surface area contributed by atoms with E-state index in [0.29, 0.717) is 11.7 Å². The van der Waals surface area contributed by atoms with Gasteiger partial charge in [-0.3, -0.25) is 4.57 Å². The third kappa shape index (κ3) is 3.64. The molecule has 0 radical (unpaired) electrons. The smallest absolute Gasteiger partial charge is 0.238 e. The molecule has 0 aliphatic carbocycles. The molecule has 5 heteroatoms. The lowest BCUT2D eigenvalue weighted by Crippen LogP contribution is -2.03. The second-order valence-corrected chi connectivity index (χ2v) is 12.6. The van der Waals surface area contributed by atoms with Gasteiger partial charge in [-0.2, -0.15) is 4.98 Å². The van der Waals surface area contributed by atoms with Crippen LogP contribution >= 0.6 is 0 Å². The first kappa shape index (κ1) is 26.4. The van der Waals surface area contributed by atoms with E-state index in [4.69, 9.17) is 14.4 Å². The summed E-state index contributed by atoms with van der Waals surface area (Å²) in [4.78, 5) is 10.5. The number of rotatable bonds is 3. The largest absolute Gasteiger partial charge is 0.437 e. The molecule has 0 saturated heterocycles. The molecule has 0 N–H and O–H groups in total. The van der Waals surface area contributed by atoms with Crippen molar-refractivity contribution in [2.24, 2.45) is 0 Å². The fraction of sp³-hybridized carbons (Fsp3) is 0. The van der Waals surface area contributed by atoms with Crippen LogP contribution in [-0.2, 0) is 0 Å². The zero-order valence-corrected chi connectivity index (χ0v) is 26.2. The molecule has 228 valence electrons. The molecular formula is C44H26N4O. The number of hydrogen-bond acceptors (Lipinski definition) is 3. The van der Waals surface area contributed by atoms with E-state index in [1.54, 1.807) is 0 Å². The number of nitrogens with zero attached hydrogens (tertiary/aromatic N) is 4. The second kappa shape index (κ2) is 9.89. The van der Waals surface area contributed by atoms with Gasteiger partial charge < -0.3 is 8.98 Å². The van der Waals surface area contributed by atoms with Crippen LogP contribution in [0.3, 0.4) is 0 Å². The van der Waals surface area contributed by atoms with E-state index in [0.717, 1.165) is 60.6 Å². The Morgan fingerprint density at radius 1 is 0.429 bits per heavy atom. The predicted molar refractivity (Wildman–Crippen MR) is 201 cm³/mol. The van der Waals surface area contributed by atoms with Gasteiger partial charge in [0.15, 0.2) is 0 Å². The Labute approximate surface area is 279 Å². The predicted octanol–water partition coefficient (Wildman–Crippen LogP) is 11.4. The van der Waals surface area contributed by atoms with Gasteiger partial charge in [0.2, 0.25) is 11.7 Å². The van der Waals surface area contributed by atoms with E-state index in [2.05, 4.69) is 143 Å². The van der Waals surface area contributed by atoms with Crippen molar-refractivity contribution in [2.45, 2.75) is 0 Å². The average Bonchev–Trinajstić information content (AvgIpc) is 3.82. The van der Waals surface area contributed by atoms with Crippen LogP contribution in [0.25, 0.3) is 99.3 Å². The first-order chi connectivity index (χ1) is 24.3. The highest BCUT2D eigenvalue weighted by Gasteiger charge is 2.24. The summed E-state index contributed by atoms with van der Waals surface area (Å²) in [6, 6.07) is 55.4. The zero-order chi connectivity index (χ0) is 32.1. The molecule has 0 atom stereocenters. The number of hydrogen-bond donors (Lipinski definition) is 0. The molecule has 5 nitrogen and oxygen atoms in total. The monoisotopic (exact) mass is 626 g/mol. The van der Waals surface area contributed by atoms with Gasteiger partial charge in [-0.15, -0.1) is 0 Å². The molecule has 0 unspecified atom stereocenters. The Bertz CT molecular complexity index is 3110. The Morgan fingerprint density at radius 2 is 1.10 bits per heavy atom. The molecule has 4 aromatic heterocycles. The van der Waals surface area contributed by atoms with Crippen LogP contribution in [0.4, 0.5) is 0 Å². The van der Waals surface area contributed by atoms with Crippen LogP contribution < -0.4 is 0 Å². The molecule has 7 aromatic carbocycles. The maximum atomic E-state index is 6.44. The zero-order valence-electron chi connectivity index (χ0n) is 26.2. The van der Waals surface area contributed by atoms with Gasteiger partial charge in [-0.1, -0.05) is 127 Å². The molecule has 0 aliphatic heterocycles. The molecule has 0 bridgehead atoms. The summed E-state index contributed by atoms with van der Waals surface area (Å²) < 4.78 is 11.1. The molecule has 11 aromatic rings. The van der Waals surface area contributed by atoms with Gasteiger partial charge in [0.05, 0.1) is 38.8 Å². The molecule has 0 saturated carbocycles. The Morgan fingerprint density at radius 3 is 1.96 bits per heavy atom. The molecular weight excluding hydrogens is 601 g/mol. The van der Waals surface area contributed by atoms with Crippen molar-refractivity contribution in [1.82, 2.24) is 19.1 Å². The third-order valence-electron chi connectivity index (χ3n) is 9.95. The maximum Gasteiger partial charge on any atom is 0.238 e. The Kier molecular flexibility index (Phi) is 5.32. The molecule has 0 amide bonds. The quantitative estimate of drug-likeness (QED) is 0.196. The van der Waals surface area contributed by atoms with Crippen molar-refractivity contribution in [3.05, 3.63) is 158 Å². The van der Waals surface area contributed by atoms with Gasteiger partial charge >= 0.3 is 0 Å². The van der Waals surface area contributed by atoms with Crippen LogP contribution in [0.5, 0.6) is 0 Å². The van der Waals surface area contributed by atoms with Crippen LogP contribution in [0.1, 0.15) is 0 Å². The summed E-state index contributed by atoms with van der Waals surface area (Å²) in [5, 5.41) is 9.07. The van der Waals surface area contributed by atoms with Crippen molar-refractivity contribution in [3.8, 4) is 22.9 Å². The normalized spacial score (nSPS) is 12.1. The van der Waals surface area contributed by atoms with E-state index in [1.807, 2.05) is 24.3 Å². The van der Waals surface area contributed by atoms with Crippen molar-refractivity contribution in [1.29, 1.82) is 0 Å². The van der Waals surface area contributed by atoms with Crippen molar-refractivity contribution in [2.75, 3.05) is 0 Å². The molecule has 0 fully saturated rings. The van der Waals surface area contributed by atoms with E-state index in [1.165, 1.54) is 27.1 Å². The first-order valence-electron chi connectivity index (χ1n) is 16.5. The summed E-state index contributed by atoms with van der Waals surface area (Å²) >= 11 is 0. The number of benzene rings is 7. The minimum absolute atomic E-state index is 0.571. The average molecular weight is 627 g/mol. The maximum absolute atomic E-state index is 6.44. The molecule has 49 heavy (non-hydrogen) atoms. The number of fused-ring (bicyclic) bond motifs is 11. The van der Waals surface area contributed by atoms with E-state index in [9.17, 15) is 0 Å². The van der Waals surface area contributed by atoms with Crippen molar-refractivity contribution in [3.63, 3.8) is 0 Å². The Balaban J connectivity index is 1.31. The fourth-order valence-corrected chi connectivity index (χ4v) is 7.89. The number of para-hydroxylation sites is 3. The van der Waals surface area contributed by atoms with Gasteiger partial charge in [0.25, 0.3) is 0 Å². The van der Waals surface area contributed by atoms with Crippen LogP contribution in [0.15, 0.2) is 162 Å². The van der Waals surface area contributed by atoms with Gasteiger partial charge in [-0.05, 0) is 35.7 Å². The van der Waals surface area contributed by atoms with E-state index in [-0.39, 0.29) is 0 Å². The molecule has 4 heterocycles. The lowest BCUT2D eigenvalue weighted by molar-refractivity contribution is 0.651. The fourth-order valence-electron chi connectivity index (χ4n) is 7.89. The van der Waals surface area contributed by atoms with Crippen LogP contribution in [0.2, 0.25) is 0 Å². The summed E-state index contributed by atoms with van der Waals surface area (Å²) in [6.45, 7) is 0. The topological polar surface area (TPSA) is 48.8 Å².